The molecule has 0 saturated carbocycles. The first-order valence-electron chi connectivity index (χ1n) is 7.06. The lowest BCUT2D eigenvalue weighted by molar-refractivity contribution is 0.0858. The first-order chi connectivity index (χ1) is 9.83. The Morgan fingerprint density at radius 2 is 2.00 bits per heavy atom. The predicted octanol–water partition coefficient (Wildman–Crippen LogP) is 3.07. The van der Waals surface area contributed by atoms with Crippen molar-refractivity contribution in [3.8, 4) is 0 Å². The molecule has 1 aromatic carbocycles. The molecule has 0 spiro atoms. The highest BCUT2D eigenvalue weighted by Gasteiger charge is 2.19. The summed E-state index contributed by atoms with van der Waals surface area (Å²) >= 11 is 3.97. The van der Waals surface area contributed by atoms with Gasteiger partial charge in [-0.3, -0.25) is 4.79 Å². The lowest BCUT2D eigenvalue weighted by Gasteiger charge is -2.12. The third-order valence-electron chi connectivity index (χ3n) is 3.58. The molecular weight excluding hydrogens is 290 g/mol. The number of benzene rings is 1. The van der Waals surface area contributed by atoms with E-state index in [2.05, 4.69) is 17.4 Å². The molecule has 2 saturated heterocycles. The van der Waals surface area contributed by atoms with Crippen LogP contribution in [-0.4, -0.2) is 36.7 Å². The van der Waals surface area contributed by atoms with Crippen molar-refractivity contribution in [1.82, 2.24) is 5.32 Å². The number of hydrogen-bond donors (Lipinski definition) is 1. The van der Waals surface area contributed by atoms with Crippen molar-refractivity contribution in [2.75, 3.05) is 24.7 Å². The topological polar surface area (TPSA) is 38.3 Å². The van der Waals surface area contributed by atoms with Crippen LogP contribution in [0.5, 0.6) is 0 Å². The van der Waals surface area contributed by atoms with E-state index in [9.17, 15) is 4.79 Å². The van der Waals surface area contributed by atoms with Gasteiger partial charge in [0.05, 0.1) is 10.7 Å². The van der Waals surface area contributed by atoms with E-state index in [-0.39, 0.29) is 12.0 Å². The van der Waals surface area contributed by atoms with Crippen LogP contribution in [0.1, 0.15) is 33.3 Å². The predicted molar refractivity (Wildman–Crippen MR) is 85.4 cm³/mol. The molecule has 1 amide bonds. The van der Waals surface area contributed by atoms with Crippen LogP contribution in [-0.2, 0) is 4.74 Å². The lowest BCUT2D eigenvalue weighted by atomic mass is 10.1. The SMILES string of the molecule is O=C(NCC1CCCO1)c1ccc(C2SCCS2)cc1. The van der Waals surface area contributed by atoms with Crippen LogP contribution in [0.15, 0.2) is 24.3 Å². The number of thioether (sulfide) groups is 2. The number of carbonyl (C=O) groups is 1. The van der Waals surface area contributed by atoms with Gasteiger partial charge in [-0.2, -0.15) is 0 Å². The maximum absolute atomic E-state index is 12.1. The van der Waals surface area contributed by atoms with Gasteiger partial charge in [-0.15, -0.1) is 23.5 Å². The van der Waals surface area contributed by atoms with E-state index in [1.54, 1.807) is 0 Å². The minimum absolute atomic E-state index is 0.00113. The molecule has 0 aliphatic carbocycles. The van der Waals surface area contributed by atoms with Crippen LogP contribution in [0.2, 0.25) is 0 Å². The molecule has 1 aromatic rings. The highest BCUT2D eigenvalue weighted by molar-refractivity contribution is 8.19. The summed E-state index contributed by atoms with van der Waals surface area (Å²) in [4.78, 5) is 12.1. The van der Waals surface area contributed by atoms with E-state index < -0.39 is 0 Å². The summed E-state index contributed by atoms with van der Waals surface area (Å²) in [5, 5.41) is 2.96. The minimum Gasteiger partial charge on any atom is -0.376 e. The van der Waals surface area contributed by atoms with Crippen LogP contribution in [0.25, 0.3) is 0 Å². The molecule has 1 unspecified atom stereocenters. The number of rotatable bonds is 4. The number of ether oxygens (including phenoxy) is 1. The fourth-order valence-corrected chi connectivity index (χ4v) is 5.32. The standard InChI is InChI=1S/C15H19NO2S2/c17-14(16-10-13-2-1-7-18-13)11-3-5-12(6-4-11)15-19-8-9-20-15/h3-6,13,15H,1-2,7-10H2,(H,16,17). The van der Waals surface area contributed by atoms with Gasteiger partial charge in [-0.1, -0.05) is 12.1 Å². The van der Waals surface area contributed by atoms with Gasteiger partial charge >= 0.3 is 0 Å². The van der Waals surface area contributed by atoms with Crippen molar-refractivity contribution in [3.05, 3.63) is 35.4 Å². The highest BCUT2D eigenvalue weighted by Crippen LogP contribution is 2.45. The molecule has 5 heteroatoms. The Bertz CT molecular complexity index is 451. The van der Waals surface area contributed by atoms with E-state index in [1.807, 2.05) is 35.7 Å². The lowest BCUT2D eigenvalue weighted by Crippen LogP contribution is -2.31. The second-order valence-corrected chi connectivity index (χ2v) is 7.76. The minimum atomic E-state index is -0.00113. The van der Waals surface area contributed by atoms with E-state index in [4.69, 9.17) is 4.74 Å². The largest absolute Gasteiger partial charge is 0.376 e. The summed E-state index contributed by atoms with van der Waals surface area (Å²) in [6, 6.07) is 8.02. The molecule has 3 nitrogen and oxygen atoms in total. The van der Waals surface area contributed by atoms with Crippen molar-refractivity contribution in [3.63, 3.8) is 0 Å². The summed E-state index contributed by atoms with van der Waals surface area (Å²) < 4.78 is 6.05. The van der Waals surface area contributed by atoms with Crippen molar-refractivity contribution in [2.45, 2.75) is 23.5 Å². The average Bonchev–Trinajstić information content (AvgIpc) is 3.18. The molecule has 0 radical (unpaired) electrons. The Morgan fingerprint density at radius 3 is 2.65 bits per heavy atom. The summed E-state index contributed by atoms with van der Waals surface area (Å²) in [5.41, 5.74) is 2.05. The average molecular weight is 309 g/mol. The molecular formula is C15H19NO2S2. The molecule has 0 bridgehead atoms. The van der Waals surface area contributed by atoms with Gasteiger partial charge < -0.3 is 10.1 Å². The zero-order valence-corrected chi connectivity index (χ0v) is 13.0. The fraction of sp³-hybridized carbons (Fsp3) is 0.533. The number of hydrogen-bond acceptors (Lipinski definition) is 4. The first kappa shape index (κ1) is 14.3. The molecule has 2 heterocycles. The molecule has 2 aliphatic heterocycles. The maximum atomic E-state index is 12.1. The fourth-order valence-electron chi connectivity index (χ4n) is 2.46. The smallest absolute Gasteiger partial charge is 0.251 e. The van der Waals surface area contributed by atoms with Crippen molar-refractivity contribution < 1.29 is 9.53 Å². The Morgan fingerprint density at radius 1 is 1.25 bits per heavy atom. The maximum Gasteiger partial charge on any atom is 0.251 e. The second kappa shape index (κ2) is 6.87. The summed E-state index contributed by atoms with van der Waals surface area (Å²) in [7, 11) is 0. The number of carbonyl (C=O) groups excluding carboxylic acids is 1. The van der Waals surface area contributed by atoms with Crippen molar-refractivity contribution >= 4 is 29.4 Å². The molecule has 2 aliphatic rings. The molecule has 0 aromatic heterocycles. The Labute approximate surface area is 128 Å². The molecule has 108 valence electrons. The van der Waals surface area contributed by atoms with Crippen LogP contribution in [0.3, 0.4) is 0 Å². The number of nitrogens with one attached hydrogen (secondary N) is 1. The van der Waals surface area contributed by atoms with E-state index in [0.717, 1.165) is 25.0 Å². The van der Waals surface area contributed by atoms with Crippen LogP contribution in [0, 0.1) is 0 Å². The van der Waals surface area contributed by atoms with Gasteiger partial charge in [-0.25, -0.2) is 0 Å². The van der Waals surface area contributed by atoms with Crippen LogP contribution in [0.4, 0.5) is 0 Å². The highest BCUT2D eigenvalue weighted by atomic mass is 32.2. The third kappa shape index (κ3) is 3.51. The first-order valence-corrected chi connectivity index (χ1v) is 9.15. The summed E-state index contributed by atoms with van der Waals surface area (Å²) in [6.07, 6.45) is 2.35. The third-order valence-corrected chi connectivity index (χ3v) is 6.69. The molecule has 1 N–H and O–H groups in total. The van der Waals surface area contributed by atoms with E-state index in [0.29, 0.717) is 11.1 Å². The Hall–Kier alpha value is -0.650. The van der Waals surface area contributed by atoms with Gasteiger partial charge in [0.1, 0.15) is 0 Å². The number of amides is 1. The van der Waals surface area contributed by atoms with Crippen molar-refractivity contribution in [1.29, 1.82) is 0 Å². The van der Waals surface area contributed by atoms with Gasteiger partial charge in [-0.05, 0) is 30.5 Å². The van der Waals surface area contributed by atoms with E-state index in [1.165, 1.54) is 17.1 Å². The normalized spacial score (nSPS) is 23.1. The molecule has 1 atom stereocenters. The monoisotopic (exact) mass is 309 g/mol. The van der Waals surface area contributed by atoms with Crippen LogP contribution >= 0.6 is 23.5 Å². The molecule has 3 rings (SSSR count). The quantitative estimate of drug-likeness (QED) is 0.927. The van der Waals surface area contributed by atoms with E-state index >= 15 is 0 Å². The Balaban J connectivity index is 1.54. The summed E-state index contributed by atoms with van der Waals surface area (Å²) in [6.45, 7) is 1.45. The van der Waals surface area contributed by atoms with Crippen molar-refractivity contribution in [2.24, 2.45) is 0 Å². The molecule has 20 heavy (non-hydrogen) atoms. The second-order valence-electron chi connectivity index (χ2n) is 5.04. The molecule has 2 fully saturated rings. The zero-order valence-electron chi connectivity index (χ0n) is 11.3. The van der Waals surface area contributed by atoms with Gasteiger partial charge in [0, 0.05) is 30.2 Å². The Kier molecular flexibility index (Phi) is 4.91. The van der Waals surface area contributed by atoms with Crippen LogP contribution < -0.4 is 5.32 Å². The van der Waals surface area contributed by atoms with Gasteiger partial charge in [0.2, 0.25) is 0 Å². The van der Waals surface area contributed by atoms with Gasteiger partial charge in [0.15, 0.2) is 0 Å². The van der Waals surface area contributed by atoms with Gasteiger partial charge in [0.25, 0.3) is 5.91 Å². The zero-order chi connectivity index (χ0) is 13.8. The summed E-state index contributed by atoms with van der Waals surface area (Å²) in [5.74, 6) is 2.44.